The van der Waals surface area contributed by atoms with E-state index in [2.05, 4.69) is 29.6 Å². The smallest absolute Gasteiger partial charge is 0.317 e. The first-order valence-electron chi connectivity index (χ1n) is 10.0. The van der Waals surface area contributed by atoms with Crippen molar-refractivity contribution in [1.82, 2.24) is 10.2 Å². The topological polar surface area (TPSA) is 50.8 Å². The summed E-state index contributed by atoms with van der Waals surface area (Å²) < 4.78 is 10.8. The zero-order valence-electron chi connectivity index (χ0n) is 16.7. The summed E-state index contributed by atoms with van der Waals surface area (Å²) in [5.41, 5.74) is 5.18. The summed E-state index contributed by atoms with van der Waals surface area (Å²) in [5.74, 6) is 1.87. The molecule has 0 spiro atoms. The molecule has 1 aliphatic heterocycles. The van der Waals surface area contributed by atoms with E-state index in [4.69, 9.17) is 9.47 Å². The molecule has 1 aliphatic carbocycles. The fraction of sp³-hybridized carbons (Fsp3) is 0.435. The Morgan fingerprint density at radius 3 is 2.61 bits per heavy atom. The standard InChI is InChI=1S/C23H28N2O3/c1-27-21-12-17-10-11-25(15-19(17)13-22(21)28-2)23(26)24-14-18-8-5-7-16-6-3-4-9-20(16)18/h3-4,6,9,12-13,18H,5,7-8,10-11,14-15H2,1-2H3,(H,24,26). The van der Waals surface area contributed by atoms with Gasteiger partial charge in [0, 0.05) is 25.6 Å². The minimum absolute atomic E-state index is 0.0171. The van der Waals surface area contributed by atoms with Gasteiger partial charge >= 0.3 is 6.03 Å². The summed E-state index contributed by atoms with van der Waals surface area (Å²) in [5, 5.41) is 3.18. The number of hydrogen-bond acceptors (Lipinski definition) is 3. The molecular weight excluding hydrogens is 352 g/mol. The normalized spacial score (nSPS) is 18.1. The molecule has 2 amide bonds. The average molecular weight is 380 g/mol. The van der Waals surface area contributed by atoms with Crippen molar-refractivity contribution in [3.63, 3.8) is 0 Å². The second-order valence-corrected chi connectivity index (χ2v) is 7.62. The predicted octanol–water partition coefficient (Wildman–Crippen LogP) is 3.89. The van der Waals surface area contributed by atoms with Gasteiger partial charge in [-0.2, -0.15) is 0 Å². The summed E-state index contributed by atoms with van der Waals surface area (Å²) >= 11 is 0. The molecule has 0 fully saturated rings. The molecule has 1 heterocycles. The van der Waals surface area contributed by atoms with Gasteiger partial charge in [0.1, 0.15) is 0 Å². The van der Waals surface area contributed by atoms with Gasteiger partial charge in [0.2, 0.25) is 0 Å². The molecule has 2 aromatic carbocycles. The molecule has 0 aromatic heterocycles. The van der Waals surface area contributed by atoms with Gasteiger partial charge < -0.3 is 19.7 Å². The number of amides is 2. The van der Waals surface area contributed by atoms with E-state index in [1.807, 2.05) is 17.0 Å². The average Bonchev–Trinajstić information content (AvgIpc) is 2.75. The van der Waals surface area contributed by atoms with Crippen LogP contribution in [0.1, 0.15) is 41.0 Å². The highest BCUT2D eigenvalue weighted by molar-refractivity contribution is 5.74. The van der Waals surface area contributed by atoms with Crippen LogP contribution in [0.3, 0.4) is 0 Å². The number of fused-ring (bicyclic) bond motifs is 2. The molecule has 2 aliphatic rings. The Hall–Kier alpha value is -2.69. The second kappa shape index (κ2) is 8.13. The number of nitrogens with zero attached hydrogens (tertiary/aromatic N) is 1. The monoisotopic (exact) mass is 380 g/mol. The van der Waals surface area contributed by atoms with E-state index >= 15 is 0 Å². The molecule has 1 N–H and O–H groups in total. The summed E-state index contributed by atoms with van der Waals surface area (Å²) in [6.07, 6.45) is 4.30. The summed E-state index contributed by atoms with van der Waals surface area (Å²) in [6.45, 7) is 2.02. The number of methoxy groups -OCH3 is 2. The fourth-order valence-corrected chi connectivity index (χ4v) is 4.45. The molecule has 0 saturated carbocycles. The van der Waals surface area contributed by atoms with Crippen molar-refractivity contribution in [2.75, 3.05) is 27.3 Å². The van der Waals surface area contributed by atoms with Gasteiger partial charge in [-0.1, -0.05) is 24.3 Å². The lowest BCUT2D eigenvalue weighted by Crippen LogP contribution is -2.44. The molecule has 4 rings (SSSR count). The Kier molecular flexibility index (Phi) is 5.42. The first-order valence-corrected chi connectivity index (χ1v) is 10.0. The van der Waals surface area contributed by atoms with Crippen LogP contribution in [0.2, 0.25) is 0 Å². The van der Waals surface area contributed by atoms with Gasteiger partial charge in [0.05, 0.1) is 14.2 Å². The number of hydrogen-bond donors (Lipinski definition) is 1. The molecule has 5 heteroatoms. The van der Waals surface area contributed by atoms with Gasteiger partial charge in [-0.3, -0.25) is 0 Å². The van der Waals surface area contributed by atoms with Gasteiger partial charge in [-0.25, -0.2) is 4.79 Å². The number of aryl methyl sites for hydroxylation is 1. The zero-order valence-corrected chi connectivity index (χ0v) is 16.7. The van der Waals surface area contributed by atoms with Crippen LogP contribution < -0.4 is 14.8 Å². The highest BCUT2D eigenvalue weighted by Crippen LogP contribution is 2.34. The maximum atomic E-state index is 12.8. The number of benzene rings is 2. The summed E-state index contributed by atoms with van der Waals surface area (Å²) in [6, 6.07) is 12.7. The van der Waals surface area contributed by atoms with Crippen LogP contribution in [0.4, 0.5) is 4.79 Å². The van der Waals surface area contributed by atoms with Crippen molar-refractivity contribution in [1.29, 1.82) is 0 Å². The molecule has 0 saturated heterocycles. The quantitative estimate of drug-likeness (QED) is 0.875. The highest BCUT2D eigenvalue weighted by Gasteiger charge is 2.25. The molecular formula is C23H28N2O3. The van der Waals surface area contributed by atoms with E-state index in [1.165, 1.54) is 23.1 Å². The van der Waals surface area contributed by atoms with E-state index in [-0.39, 0.29) is 6.03 Å². The Morgan fingerprint density at radius 1 is 1.07 bits per heavy atom. The minimum atomic E-state index is 0.0171. The zero-order chi connectivity index (χ0) is 19.5. The second-order valence-electron chi connectivity index (χ2n) is 7.62. The van der Waals surface area contributed by atoms with Crippen molar-refractivity contribution in [2.45, 2.75) is 38.1 Å². The first kappa shape index (κ1) is 18.7. The van der Waals surface area contributed by atoms with Crippen molar-refractivity contribution in [3.8, 4) is 11.5 Å². The van der Waals surface area contributed by atoms with Crippen LogP contribution in [0.15, 0.2) is 36.4 Å². The molecule has 148 valence electrons. The van der Waals surface area contributed by atoms with E-state index < -0.39 is 0 Å². The third kappa shape index (κ3) is 3.66. The number of ether oxygens (including phenoxy) is 2. The maximum Gasteiger partial charge on any atom is 0.317 e. The fourth-order valence-electron chi connectivity index (χ4n) is 4.45. The van der Waals surface area contributed by atoms with Crippen molar-refractivity contribution >= 4 is 6.03 Å². The third-order valence-corrected chi connectivity index (χ3v) is 6.00. The molecule has 0 radical (unpaired) electrons. The Morgan fingerprint density at radius 2 is 1.82 bits per heavy atom. The highest BCUT2D eigenvalue weighted by atomic mass is 16.5. The van der Waals surface area contributed by atoms with Crippen LogP contribution >= 0.6 is 0 Å². The number of carbonyl (C=O) groups excluding carboxylic acids is 1. The van der Waals surface area contributed by atoms with Crippen LogP contribution in [0, 0.1) is 0 Å². The third-order valence-electron chi connectivity index (χ3n) is 6.00. The predicted molar refractivity (Wildman–Crippen MR) is 109 cm³/mol. The van der Waals surface area contributed by atoms with E-state index in [0.717, 1.165) is 37.1 Å². The van der Waals surface area contributed by atoms with Crippen molar-refractivity contribution in [3.05, 3.63) is 58.7 Å². The van der Waals surface area contributed by atoms with Crippen molar-refractivity contribution < 1.29 is 14.3 Å². The number of rotatable bonds is 4. The van der Waals surface area contributed by atoms with E-state index in [9.17, 15) is 4.79 Å². The van der Waals surface area contributed by atoms with E-state index in [0.29, 0.717) is 24.8 Å². The molecule has 2 aromatic rings. The maximum absolute atomic E-state index is 12.8. The SMILES string of the molecule is COc1cc2c(cc1OC)CN(C(=O)NCC1CCCc3ccccc31)CC2. The lowest BCUT2D eigenvalue weighted by Gasteiger charge is -2.31. The molecule has 5 nitrogen and oxygen atoms in total. The van der Waals surface area contributed by atoms with Gasteiger partial charge in [0.25, 0.3) is 0 Å². The van der Waals surface area contributed by atoms with Crippen LogP contribution in [-0.4, -0.2) is 38.2 Å². The largest absolute Gasteiger partial charge is 0.493 e. The molecule has 0 bridgehead atoms. The Balaban J connectivity index is 1.41. The number of nitrogens with one attached hydrogen (secondary N) is 1. The number of urea groups is 1. The summed E-state index contributed by atoms with van der Waals surface area (Å²) in [7, 11) is 3.29. The van der Waals surface area contributed by atoms with Crippen LogP contribution in [0.5, 0.6) is 11.5 Å². The minimum Gasteiger partial charge on any atom is -0.493 e. The molecule has 28 heavy (non-hydrogen) atoms. The van der Waals surface area contributed by atoms with Crippen LogP contribution in [0.25, 0.3) is 0 Å². The Labute approximate surface area is 166 Å². The Bertz CT molecular complexity index is 865. The van der Waals surface area contributed by atoms with Gasteiger partial charge in [0.15, 0.2) is 11.5 Å². The van der Waals surface area contributed by atoms with Crippen molar-refractivity contribution in [2.24, 2.45) is 0 Å². The number of carbonyl (C=O) groups is 1. The molecule has 1 unspecified atom stereocenters. The first-order chi connectivity index (χ1) is 13.7. The van der Waals surface area contributed by atoms with E-state index in [1.54, 1.807) is 14.2 Å². The summed E-state index contributed by atoms with van der Waals surface area (Å²) in [4.78, 5) is 14.7. The van der Waals surface area contributed by atoms with Crippen LogP contribution in [-0.2, 0) is 19.4 Å². The van der Waals surface area contributed by atoms with Gasteiger partial charge in [-0.15, -0.1) is 0 Å². The lowest BCUT2D eigenvalue weighted by atomic mass is 9.83. The lowest BCUT2D eigenvalue weighted by molar-refractivity contribution is 0.191. The molecule has 1 atom stereocenters. The van der Waals surface area contributed by atoms with Gasteiger partial charge in [-0.05, 0) is 60.1 Å².